The molecule has 0 spiro atoms. The Balaban J connectivity index is 2.10. The zero-order valence-electron chi connectivity index (χ0n) is 16.4. The second-order valence-electron chi connectivity index (χ2n) is 6.14. The van der Waals surface area contributed by atoms with Crippen molar-refractivity contribution in [1.82, 2.24) is 9.38 Å². The van der Waals surface area contributed by atoms with Crippen LogP contribution in [0.25, 0.3) is 17.8 Å². The van der Waals surface area contributed by atoms with Crippen LogP contribution in [0.4, 0.5) is 0 Å². The van der Waals surface area contributed by atoms with E-state index in [0.717, 1.165) is 0 Å². The standard InChI is InChI=1S/C21H20N2O6/c1-12-15(22-17-10-7-14(21(25)26)11-23(17)20(12)24)8-5-13-6-9-16(27-2)19(29-4)18(13)28-3/h5-11H,1-4H3,(H,25,26). The third kappa shape index (κ3) is 3.64. The number of pyridine rings is 1. The first-order valence-electron chi connectivity index (χ1n) is 8.64. The summed E-state index contributed by atoms with van der Waals surface area (Å²) < 4.78 is 17.3. The number of carboxylic acids is 1. The monoisotopic (exact) mass is 396 g/mol. The normalized spacial score (nSPS) is 11.0. The number of hydrogen-bond acceptors (Lipinski definition) is 6. The van der Waals surface area contributed by atoms with Gasteiger partial charge in [0.25, 0.3) is 5.56 Å². The second-order valence-corrected chi connectivity index (χ2v) is 6.14. The Bertz CT molecular complexity index is 1180. The highest BCUT2D eigenvalue weighted by Gasteiger charge is 2.15. The highest BCUT2D eigenvalue weighted by atomic mass is 16.5. The predicted octanol–water partition coefficient (Wildman–Crippen LogP) is 2.90. The van der Waals surface area contributed by atoms with Crippen LogP contribution < -0.4 is 19.8 Å². The lowest BCUT2D eigenvalue weighted by Gasteiger charge is -2.14. The van der Waals surface area contributed by atoms with Crippen LogP contribution in [0.15, 0.2) is 35.3 Å². The number of fused-ring (bicyclic) bond motifs is 1. The van der Waals surface area contributed by atoms with E-state index in [-0.39, 0.29) is 11.1 Å². The first-order valence-corrected chi connectivity index (χ1v) is 8.64. The van der Waals surface area contributed by atoms with Gasteiger partial charge in [-0.3, -0.25) is 9.20 Å². The smallest absolute Gasteiger partial charge is 0.337 e. The van der Waals surface area contributed by atoms with Crippen molar-refractivity contribution in [2.75, 3.05) is 21.3 Å². The molecule has 29 heavy (non-hydrogen) atoms. The number of ether oxygens (including phenoxy) is 3. The minimum absolute atomic E-state index is 0.0131. The summed E-state index contributed by atoms with van der Waals surface area (Å²) >= 11 is 0. The van der Waals surface area contributed by atoms with E-state index >= 15 is 0 Å². The molecule has 3 rings (SSSR count). The maximum Gasteiger partial charge on any atom is 0.337 e. The van der Waals surface area contributed by atoms with Gasteiger partial charge in [0.15, 0.2) is 11.5 Å². The van der Waals surface area contributed by atoms with Crippen molar-refractivity contribution in [2.45, 2.75) is 6.92 Å². The predicted molar refractivity (Wildman–Crippen MR) is 108 cm³/mol. The number of methoxy groups -OCH3 is 3. The van der Waals surface area contributed by atoms with Crippen molar-refractivity contribution in [3.8, 4) is 17.2 Å². The lowest BCUT2D eigenvalue weighted by atomic mass is 10.1. The molecule has 0 aliphatic heterocycles. The molecule has 3 aromatic rings. The number of aromatic nitrogens is 2. The summed E-state index contributed by atoms with van der Waals surface area (Å²) in [5, 5.41) is 9.12. The Hall–Kier alpha value is -3.81. The van der Waals surface area contributed by atoms with Gasteiger partial charge in [0, 0.05) is 17.3 Å². The van der Waals surface area contributed by atoms with Gasteiger partial charge in [-0.25, -0.2) is 9.78 Å². The van der Waals surface area contributed by atoms with Gasteiger partial charge >= 0.3 is 5.97 Å². The van der Waals surface area contributed by atoms with Gasteiger partial charge in [-0.2, -0.15) is 0 Å². The molecule has 1 aromatic carbocycles. The van der Waals surface area contributed by atoms with Crippen molar-refractivity contribution < 1.29 is 24.1 Å². The molecule has 2 aromatic heterocycles. The summed E-state index contributed by atoms with van der Waals surface area (Å²) in [4.78, 5) is 28.3. The third-order valence-corrected chi connectivity index (χ3v) is 4.49. The molecule has 0 fully saturated rings. The Morgan fingerprint density at radius 3 is 2.38 bits per heavy atom. The van der Waals surface area contributed by atoms with Crippen LogP contribution >= 0.6 is 0 Å². The van der Waals surface area contributed by atoms with E-state index < -0.39 is 5.97 Å². The average molecular weight is 396 g/mol. The average Bonchev–Trinajstić information content (AvgIpc) is 2.73. The summed E-state index contributed by atoms with van der Waals surface area (Å²) in [5.74, 6) is 0.376. The van der Waals surface area contributed by atoms with Crippen LogP contribution in [-0.2, 0) is 0 Å². The molecule has 0 aliphatic carbocycles. The van der Waals surface area contributed by atoms with Crippen molar-refractivity contribution in [1.29, 1.82) is 0 Å². The molecule has 150 valence electrons. The Morgan fingerprint density at radius 2 is 1.76 bits per heavy atom. The van der Waals surface area contributed by atoms with E-state index in [1.807, 2.05) is 0 Å². The van der Waals surface area contributed by atoms with Gasteiger partial charge in [0.05, 0.1) is 32.6 Å². The topological polar surface area (TPSA) is 99.4 Å². The van der Waals surface area contributed by atoms with Gasteiger partial charge in [0.2, 0.25) is 5.75 Å². The highest BCUT2D eigenvalue weighted by molar-refractivity contribution is 5.87. The summed E-state index contributed by atoms with van der Waals surface area (Å²) in [6.45, 7) is 1.64. The van der Waals surface area contributed by atoms with Crippen molar-refractivity contribution in [3.63, 3.8) is 0 Å². The molecule has 0 atom stereocenters. The summed E-state index contributed by atoms with van der Waals surface area (Å²) in [7, 11) is 4.59. The molecule has 8 heteroatoms. The van der Waals surface area contributed by atoms with E-state index in [9.17, 15) is 9.59 Å². The minimum atomic E-state index is -1.11. The molecule has 0 bridgehead atoms. The van der Waals surface area contributed by atoms with Crippen LogP contribution in [0.5, 0.6) is 17.2 Å². The zero-order valence-corrected chi connectivity index (χ0v) is 16.4. The molecular weight excluding hydrogens is 376 g/mol. The van der Waals surface area contributed by atoms with Crippen LogP contribution in [0, 0.1) is 6.92 Å². The number of carboxylic acid groups (broad SMARTS) is 1. The van der Waals surface area contributed by atoms with Gasteiger partial charge in [-0.05, 0) is 43.3 Å². The Morgan fingerprint density at radius 1 is 1.03 bits per heavy atom. The number of aromatic carboxylic acids is 1. The summed E-state index contributed by atoms with van der Waals surface area (Å²) in [6.07, 6.45) is 4.73. The van der Waals surface area contributed by atoms with Gasteiger partial charge < -0.3 is 19.3 Å². The van der Waals surface area contributed by atoms with Crippen molar-refractivity contribution in [2.24, 2.45) is 0 Å². The molecule has 0 amide bonds. The molecule has 0 aliphatic rings. The van der Waals surface area contributed by atoms with E-state index in [4.69, 9.17) is 19.3 Å². The van der Waals surface area contributed by atoms with Crippen molar-refractivity contribution >= 4 is 23.8 Å². The van der Waals surface area contributed by atoms with Crippen LogP contribution in [0.1, 0.15) is 27.2 Å². The van der Waals surface area contributed by atoms with Crippen LogP contribution in [0.2, 0.25) is 0 Å². The fraction of sp³-hybridized carbons (Fsp3) is 0.190. The lowest BCUT2D eigenvalue weighted by Crippen LogP contribution is -2.20. The molecule has 0 saturated heterocycles. The number of nitrogens with zero attached hydrogens (tertiary/aromatic N) is 2. The molecule has 8 nitrogen and oxygen atoms in total. The number of rotatable bonds is 6. The second kappa shape index (κ2) is 8.05. The lowest BCUT2D eigenvalue weighted by molar-refractivity contribution is 0.0696. The van der Waals surface area contributed by atoms with Gasteiger partial charge in [-0.1, -0.05) is 0 Å². The van der Waals surface area contributed by atoms with Crippen molar-refractivity contribution in [3.05, 3.63) is 63.2 Å². The van der Waals surface area contributed by atoms with E-state index in [1.165, 1.54) is 36.9 Å². The number of hydrogen-bond donors (Lipinski definition) is 1. The molecule has 1 N–H and O–H groups in total. The van der Waals surface area contributed by atoms with Gasteiger partial charge in [-0.15, -0.1) is 0 Å². The molecule has 0 unspecified atom stereocenters. The quantitative estimate of drug-likeness (QED) is 0.684. The SMILES string of the molecule is COc1ccc(C=Cc2nc3ccc(C(=O)O)cn3c(=O)c2C)c(OC)c1OC. The first-order chi connectivity index (χ1) is 13.9. The number of benzene rings is 1. The summed E-state index contributed by atoms with van der Waals surface area (Å²) in [6, 6.07) is 6.46. The fourth-order valence-corrected chi connectivity index (χ4v) is 2.96. The van der Waals surface area contributed by atoms with E-state index in [2.05, 4.69) is 4.98 Å². The maximum atomic E-state index is 12.7. The highest BCUT2D eigenvalue weighted by Crippen LogP contribution is 2.40. The molecular formula is C21H20N2O6. The van der Waals surface area contributed by atoms with Crippen LogP contribution in [-0.4, -0.2) is 41.8 Å². The number of carbonyl (C=O) groups is 1. The first kappa shape index (κ1) is 19.9. The van der Waals surface area contributed by atoms with E-state index in [0.29, 0.717) is 39.7 Å². The minimum Gasteiger partial charge on any atom is -0.493 e. The molecule has 2 heterocycles. The maximum absolute atomic E-state index is 12.7. The van der Waals surface area contributed by atoms with E-state index in [1.54, 1.807) is 38.3 Å². The molecule has 0 saturated carbocycles. The van der Waals surface area contributed by atoms with Gasteiger partial charge in [0.1, 0.15) is 5.65 Å². The molecule has 0 radical (unpaired) electrons. The zero-order chi connectivity index (χ0) is 21.1. The largest absolute Gasteiger partial charge is 0.493 e. The fourth-order valence-electron chi connectivity index (χ4n) is 2.96. The summed E-state index contributed by atoms with van der Waals surface area (Å²) in [5.41, 5.74) is 1.60. The van der Waals surface area contributed by atoms with Crippen LogP contribution in [0.3, 0.4) is 0 Å². The third-order valence-electron chi connectivity index (χ3n) is 4.49. The Kier molecular flexibility index (Phi) is 5.54. The Labute approximate surface area is 166 Å².